The lowest BCUT2D eigenvalue weighted by molar-refractivity contribution is 0.415. The molecule has 0 aliphatic heterocycles. The minimum absolute atomic E-state index is 0.539. The molecule has 2 aromatic heterocycles. The molecular weight excluding hydrogens is 402 g/mol. The average Bonchev–Trinajstić information content (AvgIpc) is 3.33. The van der Waals surface area contributed by atoms with E-state index in [2.05, 4.69) is 46.8 Å². The third-order valence-corrected chi connectivity index (χ3v) is 6.41. The van der Waals surface area contributed by atoms with Crippen molar-refractivity contribution in [1.29, 1.82) is 0 Å². The van der Waals surface area contributed by atoms with E-state index in [1.807, 2.05) is 24.3 Å². The first kappa shape index (κ1) is 21.3. The van der Waals surface area contributed by atoms with Crippen molar-refractivity contribution >= 4 is 28.6 Å². The highest BCUT2D eigenvalue weighted by Gasteiger charge is 2.07. The smallest absolute Gasteiger partial charge is 0.191 e. The monoisotopic (exact) mass is 429 g/mol. The molecule has 29 heavy (non-hydrogen) atoms. The van der Waals surface area contributed by atoms with E-state index in [9.17, 15) is 0 Å². The van der Waals surface area contributed by atoms with Crippen LogP contribution in [-0.4, -0.2) is 36.1 Å². The van der Waals surface area contributed by atoms with Crippen molar-refractivity contribution in [3.05, 3.63) is 50.9 Å². The van der Waals surface area contributed by atoms with Crippen molar-refractivity contribution in [2.75, 3.05) is 20.2 Å². The molecule has 0 fully saturated rings. The van der Waals surface area contributed by atoms with Gasteiger partial charge < -0.3 is 15.4 Å². The maximum atomic E-state index is 5.21. The Bertz CT molecular complexity index is 927. The van der Waals surface area contributed by atoms with Gasteiger partial charge in [-0.15, -0.1) is 22.7 Å². The van der Waals surface area contributed by atoms with Crippen molar-refractivity contribution in [3.63, 3.8) is 0 Å². The number of hydrogen-bond acceptors (Lipinski definition) is 6. The summed E-state index contributed by atoms with van der Waals surface area (Å²) in [5.41, 5.74) is 3.18. The number of nitrogens with one attached hydrogen (secondary N) is 2. The van der Waals surface area contributed by atoms with Gasteiger partial charge in [0, 0.05) is 35.3 Å². The molecule has 154 valence electrons. The summed E-state index contributed by atoms with van der Waals surface area (Å²) >= 11 is 3.40. The summed E-state index contributed by atoms with van der Waals surface area (Å²) in [6.07, 6.45) is 0.891. The first-order chi connectivity index (χ1) is 14.1. The minimum Gasteiger partial charge on any atom is -0.497 e. The number of benzene rings is 1. The summed E-state index contributed by atoms with van der Waals surface area (Å²) in [6, 6.07) is 7.96. The Morgan fingerprint density at radius 3 is 2.59 bits per heavy atom. The summed E-state index contributed by atoms with van der Waals surface area (Å²) < 4.78 is 5.21. The van der Waals surface area contributed by atoms with Crippen LogP contribution in [0.5, 0.6) is 5.75 Å². The Balaban J connectivity index is 1.57. The van der Waals surface area contributed by atoms with Gasteiger partial charge >= 0.3 is 0 Å². The molecule has 0 atom stereocenters. The third kappa shape index (κ3) is 6.01. The van der Waals surface area contributed by atoms with E-state index in [1.165, 1.54) is 4.88 Å². The van der Waals surface area contributed by atoms with Crippen LogP contribution in [-0.2, 0) is 13.0 Å². The fourth-order valence-corrected chi connectivity index (χ4v) is 4.43. The molecule has 3 aromatic rings. The zero-order valence-electron chi connectivity index (χ0n) is 17.3. The second kappa shape index (κ2) is 10.4. The Labute approximate surface area is 180 Å². The Hall–Kier alpha value is -2.45. The highest BCUT2D eigenvalue weighted by atomic mass is 32.1. The van der Waals surface area contributed by atoms with Gasteiger partial charge in [-0.1, -0.05) is 0 Å². The van der Waals surface area contributed by atoms with E-state index in [0.717, 1.165) is 58.2 Å². The Morgan fingerprint density at radius 1 is 1.14 bits per heavy atom. The van der Waals surface area contributed by atoms with E-state index in [0.29, 0.717) is 6.54 Å². The Morgan fingerprint density at radius 2 is 1.93 bits per heavy atom. The standard InChI is InChI=1S/C21H27N5OS2/c1-5-22-21(23-11-10-19-25-14(2)15(3)29-19)24-12-17-13-28-20(26-17)16-6-8-18(27-4)9-7-16/h6-9,13H,5,10-12H2,1-4H3,(H2,22,23,24). The predicted molar refractivity (Wildman–Crippen MR) is 122 cm³/mol. The fourth-order valence-electron chi connectivity index (χ4n) is 2.68. The molecule has 0 saturated carbocycles. The zero-order chi connectivity index (χ0) is 20.6. The van der Waals surface area contributed by atoms with Crippen LogP contribution in [0.4, 0.5) is 0 Å². The quantitative estimate of drug-likeness (QED) is 0.415. The van der Waals surface area contributed by atoms with Crippen LogP contribution in [0.25, 0.3) is 10.6 Å². The van der Waals surface area contributed by atoms with E-state index in [1.54, 1.807) is 29.8 Å². The van der Waals surface area contributed by atoms with Gasteiger partial charge in [0.2, 0.25) is 0 Å². The fraction of sp³-hybridized carbons (Fsp3) is 0.381. The maximum absolute atomic E-state index is 5.21. The summed E-state index contributed by atoms with van der Waals surface area (Å²) in [5, 5.41) is 10.9. The van der Waals surface area contributed by atoms with Crippen LogP contribution in [0.2, 0.25) is 0 Å². The number of rotatable bonds is 8. The first-order valence-corrected chi connectivity index (χ1v) is 11.3. The summed E-state index contributed by atoms with van der Waals surface area (Å²) in [4.78, 5) is 15.3. The van der Waals surface area contributed by atoms with Gasteiger partial charge in [0.1, 0.15) is 10.8 Å². The van der Waals surface area contributed by atoms with Gasteiger partial charge in [0.25, 0.3) is 0 Å². The molecule has 0 saturated heterocycles. The van der Waals surface area contributed by atoms with Gasteiger partial charge in [-0.3, -0.25) is 0 Å². The van der Waals surface area contributed by atoms with Crippen molar-refractivity contribution in [1.82, 2.24) is 20.6 Å². The molecule has 2 heterocycles. The molecule has 0 unspecified atom stereocenters. The molecule has 8 heteroatoms. The van der Waals surface area contributed by atoms with Crippen molar-refractivity contribution in [2.45, 2.75) is 33.7 Å². The van der Waals surface area contributed by atoms with Crippen LogP contribution in [0, 0.1) is 13.8 Å². The maximum Gasteiger partial charge on any atom is 0.191 e. The minimum atomic E-state index is 0.539. The van der Waals surface area contributed by atoms with E-state index >= 15 is 0 Å². The molecule has 1 aromatic carbocycles. The molecular formula is C21H27N5OS2. The van der Waals surface area contributed by atoms with Crippen molar-refractivity contribution in [3.8, 4) is 16.3 Å². The summed E-state index contributed by atoms with van der Waals surface area (Å²) in [7, 11) is 1.67. The van der Waals surface area contributed by atoms with Gasteiger partial charge in [-0.05, 0) is 45.0 Å². The van der Waals surface area contributed by atoms with Crippen molar-refractivity contribution < 1.29 is 4.74 Å². The number of thiazole rings is 2. The molecule has 3 rings (SSSR count). The van der Waals surface area contributed by atoms with Crippen LogP contribution in [0.3, 0.4) is 0 Å². The molecule has 0 spiro atoms. The average molecular weight is 430 g/mol. The largest absolute Gasteiger partial charge is 0.497 e. The van der Waals surface area contributed by atoms with Gasteiger partial charge in [-0.25, -0.2) is 15.0 Å². The van der Waals surface area contributed by atoms with Gasteiger partial charge in [0.05, 0.1) is 30.1 Å². The molecule has 0 bridgehead atoms. The number of ether oxygens (including phenoxy) is 1. The Kier molecular flexibility index (Phi) is 7.60. The first-order valence-electron chi connectivity index (χ1n) is 9.63. The predicted octanol–water partition coefficient (Wildman–Crippen LogP) is 4.19. The normalized spacial score (nSPS) is 11.5. The molecule has 0 radical (unpaired) electrons. The molecule has 0 amide bonds. The summed E-state index contributed by atoms with van der Waals surface area (Å²) in [6.45, 7) is 8.39. The number of nitrogens with zero attached hydrogens (tertiary/aromatic N) is 3. The number of aromatic nitrogens is 2. The van der Waals surface area contributed by atoms with Gasteiger partial charge in [0.15, 0.2) is 5.96 Å². The number of aryl methyl sites for hydroxylation is 2. The number of aliphatic imine (C=N–C) groups is 1. The molecule has 6 nitrogen and oxygen atoms in total. The number of guanidine groups is 1. The SMILES string of the molecule is CCNC(=NCc1csc(-c2ccc(OC)cc2)n1)NCCc1nc(C)c(C)s1. The second-order valence-corrected chi connectivity index (χ2v) is 8.64. The van der Waals surface area contributed by atoms with E-state index < -0.39 is 0 Å². The number of methoxy groups -OCH3 is 1. The van der Waals surface area contributed by atoms with E-state index in [-0.39, 0.29) is 0 Å². The second-order valence-electron chi connectivity index (χ2n) is 6.49. The highest BCUT2D eigenvalue weighted by molar-refractivity contribution is 7.13. The lowest BCUT2D eigenvalue weighted by Gasteiger charge is -2.10. The molecule has 0 aliphatic rings. The van der Waals surface area contributed by atoms with E-state index in [4.69, 9.17) is 9.72 Å². The number of hydrogen-bond donors (Lipinski definition) is 2. The van der Waals surface area contributed by atoms with Gasteiger partial charge in [-0.2, -0.15) is 0 Å². The topological polar surface area (TPSA) is 71.4 Å². The molecule has 2 N–H and O–H groups in total. The van der Waals surface area contributed by atoms with Crippen molar-refractivity contribution in [2.24, 2.45) is 4.99 Å². The van der Waals surface area contributed by atoms with Crippen LogP contribution < -0.4 is 15.4 Å². The summed E-state index contributed by atoms with van der Waals surface area (Å²) in [5.74, 6) is 1.65. The lowest BCUT2D eigenvalue weighted by Crippen LogP contribution is -2.38. The van der Waals surface area contributed by atoms with Crippen LogP contribution in [0.1, 0.15) is 28.2 Å². The highest BCUT2D eigenvalue weighted by Crippen LogP contribution is 2.25. The third-order valence-electron chi connectivity index (χ3n) is 4.34. The van der Waals surface area contributed by atoms with Crippen LogP contribution >= 0.6 is 22.7 Å². The molecule has 0 aliphatic carbocycles. The van der Waals surface area contributed by atoms with Crippen LogP contribution in [0.15, 0.2) is 34.6 Å². The lowest BCUT2D eigenvalue weighted by atomic mass is 10.2. The zero-order valence-corrected chi connectivity index (χ0v) is 18.9.